The van der Waals surface area contributed by atoms with Crippen LogP contribution in [0.25, 0.3) is 82.0 Å². The largest absolute Gasteiger partial charge is 0.354 e. The molecular formula is C38H24N2. The molecule has 0 fully saturated rings. The minimum Gasteiger partial charge on any atom is -0.354 e. The fraction of sp³-hybridized carbons (Fsp3) is 0. The van der Waals surface area contributed by atoms with E-state index < -0.39 is 0 Å². The van der Waals surface area contributed by atoms with Crippen molar-refractivity contribution in [3.05, 3.63) is 140 Å². The molecule has 0 aliphatic heterocycles. The monoisotopic (exact) mass is 508 g/mol. The van der Waals surface area contributed by atoms with Gasteiger partial charge in [0.1, 0.15) is 0 Å². The van der Waals surface area contributed by atoms with Crippen molar-refractivity contribution >= 4 is 65.2 Å². The Labute approximate surface area is 230 Å². The minimum atomic E-state index is 1.16. The molecule has 9 rings (SSSR count). The van der Waals surface area contributed by atoms with Crippen LogP contribution in [0.2, 0.25) is 0 Å². The first-order valence-corrected chi connectivity index (χ1v) is 13.8. The Balaban J connectivity index is 1.47. The van der Waals surface area contributed by atoms with Gasteiger partial charge in [-0.25, -0.2) is 0 Å². The molecule has 0 bridgehead atoms. The molecule has 0 saturated carbocycles. The predicted molar refractivity (Wildman–Crippen MR) is 171 cm³/mol. The van der Waals surface area contributed by atoms with Crippen LogP contribution in [0.1, 0.15) is 0 Å². The van der Waals surface area contributed by atoms with Crippen molar-refractivity contribution in [3.63, 3.8) is 0 Å². The van der Waals surface area contributed by atoms with Crippen LogP contribution in [0.3, 0.4) is 0 Å². The highest BCUT2D eigenvalue weighted by Crippen LogP contribution is 2.43. The SMILES string of the molecule is c1ccc(-n2c3ccccc3c3c4ccccc4cc(-c4ccc5[nH]c6ccc7ccccc7c6c5c4)c32)cc1. The molecule has 0 saturated heterocycles. The maximum absolute atomic E-state index is 3.67. The second kappa shape index (κ2) is 8.08. The maximum Gasteiger partial charge on any atom is 0.0625 e. The molecule has 186 valence electrons. The molecule has 0 spiro atoms. The second-order valence-corrected chi connectivity index (χ2v) is 10.7. The molecule has 0 aliphatic carbocycles. The molecule has 2 heteroatoms. The highest BCUT2D eigenvalue weighted by Gasteiger charge is 2.20. The zero-order valence-electron chi connectivity index (χ0n) is 21.7. The summed E-state index contributed by atoms with van der Waals surface area (Å²) in [6, 6.07) is 50.7. The molecule has 0 amide bonds. The van der Waals surface area contributed by atoms with Gasteiger partial charge in [0.25, 0.3) is 0 Å². The van der Waals surface area contributed by atoms with Gasteiger partial charge in [0, 0.05) is 43.8 Å². The van der Waals surface area contributed by atoms with E-state index in [-0.39, 0.29) is 0 Å². The third kappa shape index (κ3) is 2.93. The number of rotatable bonds is 2. The van der Waals surface area contributed by atoms with Crippen LogP contribution in [0.5, 0.6) is 0 Å². The van der Waals surface area contributed by atoms with Gasteiger partial charge in [-0.3, -0.25) is 0 Å². The molecule has 0 radical (unpaired) electrons. The van der Waals surface area contributed by atoms with Gasteiger partial charge < -0.3 is 9.55 Å². The average Bonchev–Trinajstić information content (AvgIpc) is 3.57. The lowest BCUT2D eigenvalue weighted by Gasteiger charge is -2.14. The summed E-state index contributed by atoms with van der Waals surface area (Å²) >= 11 is 0. The highest BCUT2D eigenvalue weighted by molar-refractivity contribution is 6.26. The first kappa shape index (κ1) is 21.6. The van der Waals surface area contributed by atoms with E-state index >= 15 is 0 Å². The summed E-state index contributed by atoms with van der Waals surface area (Å²) in [5.74, 6) is 0. The fourth-order valence-corrected chi connectivity index (χ4v) is 6.75. The standard InChI is InChI=1S/C38H24N2/c1-2-12-27(13-3-1)40-35-17-9-8-16-30(35)37-29-15-7-5-11-25(29)22-31(38(37)40)26-19-20-33-32(23-26)36-28-14-6-4-10-24(28)18-21-34(36)39-33/h1-23,39H. The third-order valence-electron chi connectivity index (χ3n) is 8.47. The molecule has 2 heterocycles. The van der Waals surface area contributed by atoms with E-state index in [9.17, 15) is 0 Å². The number of aromatic amines is 1. The predicted octanol–water partition coefficient (Wildman–Crippen LogP) is 10.4. The summed E-state index contributed by atoms with van der Waals surface area (Å²) < 4.78 is 2.45. The number of para-hydroxylation sites is 2. The third-order valence-corrected chi connectivity index (χ3v) is 8.47. The lowest BCUT2D eigenvalue weighted by Crippen LogP contribution is -1.95. The molecule has 0 unspecified atom stereocenters. The number of nitrogens with zero attached hydrogens (tertiary/aromatic N) is 1. The van der Waals surface area contributed by atoms with E-state index in [1.807, 2.05) is 0 Å². The Morgan fingerprint density at radius 2 is 1.12 bits per heavy atom. The number of hydrogen-bond acceptors (Lipinski definition) is 0. The van der Waals surface area contributed by atoms with Gasteiger partial charge in [0.05, 0.1) is 11.0 Å². The quantitative estimate of drug-likeness (QED) is 0.240. The number of benzene rings is 7. The Bertz CT molecular complexity index is 2420. The molecule has 0 atom stereocenters. The molecule has 9 aromatic rings. The van der Waals surface area contributed by atoms with Gasteiger partial charge >= 0.3 is 0 Å². The van der Waals surface area contributed by atoms with Crippen LogP contribution >= 0.6 is 0 Å². The number of hydrogen-bond donors (Lipinski definition) is 1. The Hall–Kier alpha value is -5.34. The van der Waals surface area contributed by atoms with Crippen LogP contribution in [-0.4, -0.2) is 9.55 Å². The number of H-pyrrole nitrogens is 1. The van der Waals surface area contributed by atoms with Gasteiger partial charge in [-0.05, 0) is 69.6 Å². The topological polar surface area (TPSA) is 20.7 Å². The summed E-state index contributed by atoms with van der Waals surface area (Å²) in [4.78, 5) is 3.67. The van der Waals surface area contributed by atoms with Crippen LogP contribution in [0.15, 0.2) is 140 Å². The summed E-state index contributed by atoms with van der Waals surface area (Å²) in [7, 11) is 0. The summed E-state index contributed by atoms with van der Waals surface area (Å²) in [6.45, 7) is 0. The Morgan fingerprint density at radius 1 is 0.450 bits per heavy atom. The van der Waals surface area contributed by atoms with E-state index in [0.717, 1.165) is 5.52 Å². The Morgan fingerprint density at radius 3 is 1.98 bits per heavy atom. The van der Waals surface area contributed by atoms with Crippen molar-refractivity contribution in [1.82, 2.24) is 9.55 Å². The van der Waals surface area contributed by atoms with Crippen LogP contribution in [0, 0.1) is 0 Å². The van der Waals surface area contributed by atoms with Crippen molar-refractivity contribution < 1.29 is 0 Å². The Kier molecular flexibility index (Phi) is 4.36. The first-order chi connectivity index (χ1) is 19.8. The fourth-order valence-electron chi connectivity index (χ4n) is 6.75. The number of fused-ring (bicyclic) bond motifs is 10. The highest BCUT2D eigenvalue weighted by atomic mass is 15.0. The molecule has 2 nitrogen and oxygen atoms in total. The van der Waals surface area contributed by atoms with Crippen LogP contribution in [0.4, 0.5) is 0 Å². The lowest BCUT2D eigenvalue weighted by molar-refractivity contribution is 1.18. The minimum absolute atomic E-state index is 1.16. The van der Waals surface area contributed by atoms with Crippen molar-refractivity contribution in [3.8, 4) is 16.8 Å². The number of nitrogens with one attached hydrogen (secondary N) is 1. The van der Waals surface area contributed by atoms with Gasteiger partial charge in [-0.1, -0.05) is 97.1 Å². The molecule has 40 heavy (non-hydrogen) atoms. The zero-order chi connectivity index (χ0) is 26.2. The first-order valence-electron chi connectivity index (χ1n) is 13.8. The van der Waals surface area contributed by atoms with Gasteiger partial charge in [-0.2, -0.15) is 0 Å². The smallest absolute Gasteiger partial charge is 0.0625 e. The molecular weight excluding hydrogens is 484 g/mol. The summed E-state index contributed by atoms with van der Waals surface area (Å²) in [6.07, 6.45) is 0. The van der Waals surface area contributed by atoms with Gasteiger partial charge in [-0.15, -0.1) is 0 Å². The van der Waals surface area contributed by atoms with E-state index in [2.05, 4.69) is 149 Å². The van der Waals surface area contributed by atoms with Crippen LogP contribution in [-0.2, 0) is 0 Å². The molecule has 1 N–H and O–H groups in total. The molecule has 0 aliphatic rings. The average molecular weight is 509 g/mol. The van der Waals surface area contributed by atoms with Crippen molar-refractivity contribution in [2.24, 2.45) is 0 Å². The second-order valence-electron chi connectivity index (χ2n) is 10.7. The van der Waals surface area contributed by atoms with E-state index in [4.69, 9.17) is 0 Å². The summed E-state index contributed by atoms with van der Waals surface area (Å²) in [5.41, 5.74) is 8.44. The van der Waals surface area contributed by atoms with E-state index in [1.54, 1.807) is 0 Å². The van der Waals surface area contributed by atoms with Crippen molar-refractivity contribution in [1.29, 1.82) is 0 Å². The maximum atomic E-state index is 3.67. The van der Waals surface area contributed by atoms with Crippen molar-refractivity contribution in [2.45, 2.75) is 0 Å². The van der Waals surface area contributed by atoms with Crippen LogP contribution < -0.4 is 0 Å². The molecule has 7 aromatic carbocycles. The van der Waals surface area contributed by atoms with Gasteiger partial charge in [0.2, 0.25) is 0 Å². The van der Waals surface area contributed by atoms with E-state index in [1.165, 1.54) is 76.5 Å². The summed E-state index contributed by atoms with van der Waals surface area (Å²) in [5, 5.41) is 10.2. The normalized spacial score (nSPS) is 12.0. The van der Waals surface area contributed by atoms with Gasteiger partial charge in [0.15, 0.2) is 0 Å². The molecule has 2 aromatic heterocycles. The van der Waals surface area contributed by atoms with Crippen molar-refractivity contribution in [2.75, 3.05) is 0 Å². The van der Waals surface area contributed by atoms with E-state index in [0.29, 0.717) is 0 Å². The zero-order valence-corrected chi connectivity index (χ0v) is 21.7. The lowest BCUT2D eigenvalue weighted by atomic mass is 9.94. The number of aromatic nitrogens is 2.